The second-order valence-electron chi connectivity index (χ2n) is 5.84. The van der Waals surface area contributed by atoms with Gasteiger partial charge in [-0.2, -0.15) is 5.26 Å². The molecule has 6 heteroatoms. The minimum Gasteiger partial charge on any atom is -0.398 e. The van der Waals surface area contributed by atoms with Gasteiger partial charge in [-0.3, -0.25) is 9.59 Å². The number of rotatable bonds is 6. The van der Waals surface area contributed by atoms with Gasteiger partial charge in [0.15, 0.2) is 0 Å². The van der Waals surface area contributed by atoms with Crippen molar-refractivity contribution in [2.45, 2.75) is 26.7 Å². The number of benzene rings is 2. The van der Waals surface area contributed by atoms with E-state index in [1.807, 2.05) is 38.1 Å². The maximum Gasteiger partial charge on any atom is 0.267 e. The van der Waals surface area contributed by atoms with Gasteiger partial charge in [0.1, 0.15) is 11.6 Å². The van der Waals surface area contributed by atoms with Crippen molar-refractivity contribution in [1.82, 2.24) is 5.32 Å². The fourth-order valence-corrected chi connectivity index (χ4v) is 2.65. The summed E-state index contributed by atoms with van der Waals surface area (Å²) in [7, 11) is 0. The SMILES string of the molecule is CCc1cccc(CC)c1NC(=O)/C(C#N)=C\NC(=O)c1ccccc1N. The lowest BCUT2D eigenvalue weighted by Gasteiger charge is -2.14. The van der Waals surface area contributed by atoms with E-state index in [1.165, 1.54) is 0 Å². The number of para-hydroxylation sites is 2. The minimum atomic E-state index is -0.575. The number of nitrogens with two attached hydrogens (primary N) is 1. The molecular formula is C21H22N4O2. The monoisotopic (exact) mass is 362 g/mol. The molecule has 0 aliphatic rings. The minimum absolute atomic E-state index is 0.203. The lowest BCUT2D eigenvalue weighted by Crippen LogP contribution is -2.22. The molecule has 0 aliphatic carbocycles. The van der Waals surface area contributed by atoms with Crippen molar-refractivity contribution < 1.29 is 9.59 Å². The molecule has 0 radical (unpaired) electrons. The number of hydrogen-bond donors (Lipinski definition) is 3. The Balaban J connectivity index is 2.20. The number of nitriles is 1. The number of nitrogens with one attached hydrogen (secondary N) is 2. The van der Waals surface area contributed by atoms with Gasteiger partial charge in [0.25, 0.3) is 11.8 Å². The van der Waals surface area contributed by atoms with Gasteiger partial charge in [-0.15, -0.1) is 0 Å². The summed E-state index contributed by atoms with van der Waals surface area (Å²) in [6.45, 7) is 3.99. The Bertz CT molecular complexity index is 904. The molecule has 0 unspecified atom stereocenters. The quantitative estimate of drug-likeness (QED) is 0.417. The normalized spacial score (nSPS) is 10.8. The molecule has 0 bridgehead atoms. The summed E-state index contributed by atoms with van der Waals surface area (Å²) in [5.41, 5.74) is 8.84. The summed E-state index contributed by atoms with van der Waals surface area (Å²) in [5, 5.41) is 14.6. The smallest absolute Gasteiger partial charge is 0.267 e. The molecule has 0 aromatic heterocycles. The highest BCUT2D eigenvalue weighted by atomic mass is 16.2. The molecule has 2 amide bonds. The Morgan fingerprint density at radius 1 is 1.07 bits per heavy atom. The molecular weight excluding hydrogens is 340 g/mol. The van der Waals surface area contributed by atoms with Crippen LogP contribution >= 0.6 is 0 Å². The molecule has 0 aliphatic heterocycles. The Morgan fingerprint density at radius 3 is 2.26 bits per heavy atom. The standard InChI is InChI=1S/C21H22N4O2/c1-3-14-8-7-9-15(4-2)19(14)25-20(26)16(12-22)13-24-21(27)17-10-5-6-11-18(17)23/h5-11,13H,3-4,23H2,1-2H3,(H,24,27)(H,25,26)/b16-13-. The first kappa shape index (κ1) is 19.7. The Kier molecular flexibility index (Phi) is 6.73. The van der Waals surface area contributed by atoms with Crippen molar-refractivity contribution in [2.24, 2.45) is 0 Å². The number of carbonyl (C=O) groups is 2. The topological polar surface area (TPSA) is 108 Å². The van der Waals surface area contributed by atoms with Crippen molar-refractivity contribution in [1.29, 1.82) is 5.26 Å². The van der Waals surface area contributed by atoms with E-state index in [1.54, 1.807) is 24.3 Å². The number of nitrogens with zero attached hydrogens (tertiary/aromatic N) is 1. The van der Waals surface area contributed by atoms with E-state index in [9.17, 15) is 14.9 Å². The van der Waals surface area contributed by atoms with Crippen LogP contribution in [0.5, 0.6) is 0 Å². The molecule has 0 heterocycles. The van der Waals surface area contributed by atoms with E-state index in [4.69, 9.17) is 5.73 Å². The first-order valence-electron chi connectivity index (χ1n) is 8.69. The summed E-state index contributed by atoms with van der Waals surface area (Å²) in [5.74, 6) is -1.06. The van der Waals surface area contributed by atoms with E-state index in [-0.39, 0.29) is 11.1 Å². The predicted octanol–water partition coefficient (Wildman–Crippen LogP) is 3.17. The van der Waals surface area contributed by atoms with Gasteiger partial charge in [-0.25, -0.2) is 0 Å². The van der Waals surface area contributed by atoms with Crippen LogP contribution in [0, 0.1) is 11.3 Å². The second-order valence-corrected chi connectivity index (χ2v) is 5.84. The molecule has 0 spiro atoms. The van der Waals surface area contributed by atoms with Crippen LogP contribution in [0.4, 0.5) is 11.4 Å². The first-order valence-corrected chi connectivity index (χ1v) is 8.69. The van der Waals surface area contributed by atoms with Crippen LogP contribution in [0.1, 0.15) is 35.3 Å². The lowest BCUT2D eigenvalue weighted by molar-refractivity contribution is -0.112. The summed E-state index contributed by atoms with van der Waals surface area (Å²) in [4.78, 5) is 24.7. The van der Waals surface area contributed by atoms with Gasteiger partial charge in [-0.05, 0) is 36.1 Å². The highest BCUT2D eigenvalue weighted by Gasteiger charge is 2.15. The van der Waals surface area contributed by atoms with Crippen molar-refractivity contribution in [2.75, 3.05) is 11.1 Å². The van der Waals surface area contributed by atoms with Gasteiger partial charge in [0, 0.05) is 17.6 Å². The maximum atomic E-state index is 12.5. The van der Waals surface area contributed by atoms with Gasteiger partial charge in [0.2, 0.25) is 0 Å². The molecule has 4 N–H and O–H groups in total. The molecule has 2 aromatic carbocycles. The summed E-state index contributed by atoms with van der Waals surface area (Å²) < 4.78 is 0. The van der Waals surface area contributed by atoms with Gasteiger partial charge in [0.05, 0.1) is 5.56 Å². The van der Waals surface area contributed by atoms with Crippen LogP contribution in [0.15, 0.2) is 54.2 Å². The van der Waals surface area contributed by atoms with E-state index >= 15 is 0 Å². The highest BCUT2D eigenvalue weighted by Crippen LogP contribution is 2.23. The third kappa shape index (κ3) is 4.73. The van der Waals surface area contributed by atoms with Crippen LogP contribution < -0.4 is 16.4 Å². The Hall–Kier alpha value is -3.59. The Morgan fingerprint density at radius 2 is 1.70 bits per heavy atom. The van der Waals surface area contributed by atoms with Crippen molar-refractivity contribution in [3.8, 4) is 6.07 Å². The number of aryl methyl sites for hydroxylation is 2. The fraction of sp³-hybridized carbons (Fsp3) is 0.190. The number of amides is 2. The summed E-state index contributed by atoms with van der Waals surface area (Å²) in [6.07, 6.45) is 2.60. The number of hydrogen-bond acceptors (Lipinski definition) is 4. The Labute approximate surface area is 158 Å². The molecule has 0 fully saturated rings. The maximum absolute atomic E-state index is 12.5. The molecule has 2 rings (SSSR count). The molecule has 138 valence electrons. The van der Waals surface area contributed by atoms with Gasteiger partial charge < -0.3 is 16.4 Å². The number of carbonyl (C=O) groups excluding carboxylic acids is 2. The molecule has 27 heavy (non-hydrogen) atoms. The average Bonchev–Trinajstić information content (AvgIpc) is 2.68. The molecule has 0 saturated carbocycles. The van der Waals surface area contributed by atoms with Gasteiger partial charge >= 0.3 is 0 Å². The molecule has 0 saturated heterocycles. The zero-order chi connectivity index (χ0) is 19.8. The molecule has 2 aromatic rings. The fourth-order valence-electron chi connectivity index (χ4n) is 2.65. The van der Waals surface area contributed by atoms with E-state index in [0.717, 1.165) is 30.2 Å². The van der Waals surface area contributed by atoms with Crippen LogP contribution in [0.25, 0.3) is 0 Å². The summed E-state index contributed by atoms with van der Waals surface area (Å²) in [6, 6.07) is 14.2. The van der Waals surface area contributed by atoms with E-state index in [2.05, 4.69) is 10.6 Å². The molecule has 6 nitrogen and oxygen atoms in total. The van der Waals surface area contributed by atoms with Crippen LogP contribution in [0.3, 0.4) is 0 Å². The predicted molar refractivity (Wildman–Crippen MR) is 106 cm³/mol. The molecule has 0 atom stereocenters. The van der Waals surface area contributed by atoms with Crippen molar-refractivity contribution in [3.05, 3.63) is 70.9 Å². The van der Waals surface area contributed by atoms with E-state index in [0.29, 0.717) is 11.4 Å². The zero-order valence-corrected chi connectivity index (χ0v) is 15.4. The number of anilines is 2. The van der Waals surface area contributed by atoms with Crippen LogP contribution in [-0.2, 0) is 17.6 Å². The highest BCUT2D eigenvalue weighted by molar-refractivity contribution is 6.08. The lowest BCUT2D eigenvalue weighted by atomic mass is 10.0. The van der Waals surface area contributed by atoms with Crippen LogP contribution in [-0.4, -0.2) is 11.8 Å². The third-order valence-electron chi connectivity index (χ3n) is 4.16. The van der Waals surface area contributed by atoms with Crippen molar-refractivity contribution in [3.63, 3.8) is 0 Å². The zero-order valence-electron chi connectivity index (χ0n) is 15.4. The van der Waals surface area contributed by atoms with E-state index < -0.39 is 11.8 Å². The largest absolute Gasteiger partial charge is 0.398 e. The first-order chi connectivity index (χ1) is 13.0. The van der Waals surface area contributed by atoms with Gasteiger partial charge in [-0.1, -0.05) is 44.2 Å². The number of nitrogen functional groups attached to an aromatic ring is 1. The summed E-state index contributed by atoms with van der Waals surface area (Å²) >= 11 is 0. The van der Waals surface area contributed by atoms with Crippen LogP contribution in [0.2, 0.25) is 0 Å². The average molecular weight is 362 g/mol. The van der Waals surface area contributed by atoms with Crippen molar-refractivity contribution >= 4 is 23.2 Å². The second kappa shape index (κ2) is 9.20. The third-order valence-corrected chi connectivity index (χ3v) is 4.16.